The van der Waals surface area contributed by atoms with Gasteiger partial charge in [0, 0.05) is 30.3 Å². The maximum absolute atomic E-state index is 12.4. The van der Waals surface area contributed by atoms with Crippen molar-refractivity contribution in [3.8, 4) is 0 Å². The summed E-state index contributed by atoms with van der Waals surface area (Å²) in [5.74, 6) is 0.232. The summed E-state index contributed by atoms with van der Waals surface area (Å²) in [5, 5.41) is 6.58. The number of rotatable bonds is 4. The van der Waals surface area contributed by atoms with Crippen molar-refractivity contribution in [3.05, 3.63) is 46.5 Å². The van der Waals surface area contributed by atoms with Gasteiger partial charge in [0.1, 0.15) is 0 Å². The van der Waals surface area contributed by atoms with E-state index in [1.165, 1.54) is 11.3 Å². The molecule has 0 saturated heterocycles. The van der Waals surface area contributed by atoms with E-state index in [0.29, 0.717) is 24.8 Å². The molecule has 2 aromatic rings. The van der Waals surface area contributed by atoms with Crippen LogP contribution in [0.1, 0.15) is 35.4 Å². The number of thiazole rings is 1. The minimum absolute atomic E-state index is 0.0621. The van der Waals surface area contributed by atoms with Crippen molar-refractivity contribution < 1.29 is 9.59 Å². The molecule has 4 rings (SSSR count). The Balaban J connectivity index is 1.33. The first-order valence-electron chi connectivity index (χ1n) is 9.05. The Morgan fingerprint density at radius 3 is 2.77 bits per heavy atom. The molecular weight excluding hydrogens is 348 g/mol. The van der Waals surface area contributed by atoms with Crippen molar-refractivity contribution in [2.24, 2.45) is 5.92 Å². The molecule has 0 radical (unpaired) electrons. The highest BCUT2D eigenvalue weighted by Crippen LogP contribution is 2.31. The molecule has 136 valence electrons. The molecule has 1 aromatic carbocycles. The third-order valence-electron chi connectivity index (χ3n) is 5.01. The molecule has 2 aliphatic rings. The number of nitrogens with zero attached hydrogens (tertiary/aromatic N) is 2. The maximum Gasteiger partial charge on any atom is 0.318 e. The number of amides is 3. The van der Waals surface area contributed by atoms with Gasteiger partial charge in [-0.2, -0.15) is 0 Å². The Morgan fingerprint density at radius 2 is 2.04 bits per heavy atom. The Morgan fingerprint density at radius 1 is 1.23 bits per heavy atom. The van der Waals surface area contributed by atoms with Crippen LogP contribution in [0.2, 0.25) is 0 Å². The molecular formula is C19H22N4O2S. The Bertz CT molecular complexity index is 801. The van der Waals surface area contributed by atoms with Crippen molar-refractivity contribution in [2.45, 2.75) is 38.8 Å². The molecule has 1 aliphatic heterocycles. The SMILES string of the molecule is O=C(Nc1nc2c(s1)CN(C(=O)NCc1ccccc1)CC2)C1CCC1. The summed E-state index contributed by atoms with van der Waals surface area (Å²) in [6.45, 7) is 1.72. The van der Waals surface area contributed by atoms with Gasteiger partial charge >= 0.3 is 6.03 Å². The van der Waals surface area contributed by atoms with Crippen LogP contribution in [-0.2, 0) is 24.3 Å². The minimum Gasteiger partial charge on any atom is -0.334 e. The zero-order chi connectivity index (χ0) is 17.9. The molecule has 6 nitrogen and oxygen atoms in total. The number of fused-ring (bicyclic) bond motifs is 1. The standard InChI is InChI=1S/C19H22N4O2S/c24-17(14-7-4-8-14)22-18-21-15-9-10-23(12-16(15)26-18)19(25)20-11-13-5-2-1-3-6-13/h1-3,5-6,14H,4,7-12H2,(H,20,25)(H,21,22,24). The van der Waals surface area contributed by atoms with Crippen molar-refractivity contribution in [1.82, 2.24) is 15.2 Å². The number of urea groups is 1. The van der Waals surface area contributed by atoms with Gasteiger partial charge in [0.15, 0.2) is 5.13 Å². The first kappa shape index (κ1) is 17.0. The lowest BCUT2D eigenvalue weighted by atomic mass is 9.85. The average Bonchev–Trinajstić information content (AvgIpc) is 3.00. The second-order valence-electron chi connectivity index (χ2n) is 6.82. The van der Waals surface area contributed by atoms with Crippen molar-refractivity contribution in [1.29, 1.82) is 0 Å². The molecule has 2 N–H and O–H groups in total. The summed E-state index contributed by atoms with van der Waals surface area (Å²) < 4.78 is 0. The number of aromatic nitrogens is 1. The summed E-state index contributed by atoms with van der Waals surface area (Å²) in [7, 11) is 0. The quantitative estimate of drug-likeness (QED) is 0.868. The fourth-order valence-electron chi connectivity index (χ4n) is 3.19. The second-order valence-corrected chi connectivity index (χ2v) is 7.91. The van der Waals surface area contributed by atoms with Crippen LogP contribution < -0.4 is 10.6 Å². The number of hydrogen-bond donors (Lipinski definition) is 2. The molecule has 0 bridgehead atoms. The fourth-order valence-corrected chi connectivity index (χ4v) is 4.21. The number of benzene rings is 1. The zero-order valence-electron chi connectivity index (χ0n) is 14.5. The second kappa shape index (κ2) is 7.45. The van der Waals surface area contributed by atoms with Crippen LogP contribution in [0.25, 0.3) is 0 Å². The lowest BCUT2D eigenvalue weighted by Gasteiger charge is -2.26. The van der Waals surface area contributed by atoms with Gasteiger partial charge in [-0.05, 0) is 18.4 Å². The molecule has 1 fully saturated rings. The van der Waals surface area contributed by atoms with Crippen LogP contribution in [0.3, 0.4) is 0 Å². The van der Waals surface area contributed by atoms with Gasteiger partial charge in [0.05, 0.1) is 12.2 Å². The number of nitrogens with one attached hydrogen (secondary N) is 2. The molecule has 1 aromatic heterocycles. The first-order chi connectivity index (χ1) is 12.7. The van der Waals surface area contributed by atoms with Gasteiger partial charge in [0.2, 0.25) is 5.91 Å². The molecule has 0 unspecified atom stereocenters. The Hall–Kier alpha value is -2.41. The number of hydrogen-bond acceptors (Lipinski definition) is 4. The number of anilines is 1. The van der Waals surface area contributed by atoms with Crippen molar-refractivity contribution in [2.75, 3.05) is 11.9 Å². The van der Waals surface area contributed by atoms with Crippen LogP contribution in [-0.4, -0.2) is 28.4 Å². The Labute approximate surface area is 156 Å². The van der Waals surface area contributed by atoms with E-state index in [0.717, 1.165) is 41.8 Å². The summed E-state index contributed by atoms with van der Waals surface area (Å²) in [4.78, 5) is 31.9. The third kappa shape index (κ3) is 3.72. The molecule has 2 heterocycles. The highest BCUT2D eigenvalue weighted by molar-refractivity contribution is 7.15. The highest BCUT2D eigenvalue weighted by atomic mass is 32.1. The summed E-state index contributed by atoms with van der Waals surface area (Å²) in [6.07, 6.45) is 3.82. The van der Waals surface area contributed by atoms with Crippen LogP contribution >= 0.6 is 11.3 Å². The maximum atomic E-state index is 12.4. The van der Waals surface area contributed by atoms with Crippen LogP contribution in [0.15, 0.2) is 30.3 Å². The normalized spacial score (nSPS) is 16.5. The van der Waals surface area contributed by atoms with Gasteiger partial charge < -0.3 is 15.5 Å². The Kier molecular flexibility index (Phi) is 4.88. The van der Waals surface area contributed by atoms with E-state index < -0.39 is 0 Å². The highest BCUT2D eigenvalue weighted by Gasteiger charge is 2.28. The van der Waals surface area contributed by atoms with E-state index in [1.807, 2.05) is 30.3 Å². The van der Waals surface area contributed by atoms with Crippen LogP contribution in [0.5, 0.6) is 0 Å². The van der Waals surface area contributed by atoms with E-state index in [1.54, 1.807) is 4.90 Å². The monoisotopic (exact) mass is 370 g/mol. The molecule has 1 aliphatic carbocycles. The molecule has 3 amide bonds. The lowest BCUT2D eigenvalue weighted by molar-refractivity contribution is -0.122. The third-order valence-corrected chi connectivity index (χ3v) is 6.01. The van der Waals surface area contributed by atoms with Gasteiger partial charge in [-0.15, -0.1) is 0 Å². The first-order valence-corrected chi connectivity index (χ1v) is 9.87. The van der Waals surface area contributed by atoms with E-state index >= 15 is 0 Å². The molecule has 26 heavy (non-hydrogen) atoms. The van der Waals surface area contributed by atoms with Crippen molar-refractivity contribution in [3.63, 3.8) is 0 Å². The summed E-state index contributed by atoms with van der Waals surface area (Å²) >= 11 is 1.49. The molecule has 1 saturated carbocycles. The van der Waals surface area contributed by atoms with Gasteiger partial charge in [0.25, 0.3) is 0 Å². The largest absolute Gasteiger partial charge is 0.334 e. The zero-order valence-corrected chi connectivity index (χ0v) is 15.3. The van der Waals surface area contributed by atoms with E-state index in [-0.39, 0.29) is 17.9 Å². The van der Waals surface area contributed by atoms with Gasteiger partial charge in [-0.25, -0.2) is 9.78 Å². The molecule has 7 heteroatoms. The van der Waals surface area contributed by atoms with E-state index in [9.17, 15) is 9.59 Å². The van der Waals surface area contributed by atoms with Crippen LogP contribution in [0.4, 0.5) is 9.93 Å². The lowest BCUT2D eigenvalue weighted by Crippen LogP contribution is -2.42. The van der Waals surface area contributed by atoms with Gasteiger partial charge in [-0.1, -0.05) is 48.1 Å². The smallest absolute Gasteiger partial charge is 0.318 e. The van der Waals surface area contributed by atoms with Crippen LogP contribution in [0, 0.1) is 5.92 Å². The minimum atomic E-state index is -0.0621. The molecule has 0 spiro atoms. The summed E-state index contributed by atoms with van der Waals surface area (Å²) in [6, 6.07) is 9.82. The molecule has 0 atom stereocenters. The summed E-state index contributed by atoms with van der Waals surface area (Å²) in [5.41, 5.74) is 2.09. The van der Waals surface area contributed by atoms with E-state index in [2.05, 4.69) is 15.6 Å². The topological polar surface area (TPSA) is 74.3 Å². The number of carbonyl (C=O) groups is 2. The average molecular weight is 370 g/mol. The van der Waals surface area contributed by atoms with E-state index in [4.69, 9.17) is 0 Å². The predicted molar refractivity (Wildman–Crippen MR) is 101 cm³/mol. The van der Waals surface area contributed by atoms with Gasteiger partial charge in [-0.3, -0.25) is 4.79 Å². The number of carbonyl (C=O) groups excluding carboxylic acids is 2. The predicted octanol–water partition coefficient (Wildman–Crippen LogP) is 3.15. The fraction of sp³-hybridized carbons (Fsp3) is 0.421. The van der Waals surface area contributed by atoms with Crippen molar-refractivity contribution >= 4 is 28.4 Å².